The highest BCUT2D eigenvalue weighted by molar-refractivity contribution is 7.07. The first kappa shape index (κ1) is 16.2. The molecule has 0 N–H and O–H groups in total. The summed E-state index contributed by atoms with van der Waals surface area (Å²) in [5.74, 6) is -1.36. The summed E-state index contributed by atoms with van der Waals surface area (Å²) in [7, 11) is 0. The standard InChI is InChI=1S/C15H10ClN3O4S/c16-11-4-2-1-3-10(11)9-18-7-8-24-15(18)17-14(20)12-5-6-13(23-12)19(21)22/h1-8H,9H2. The van der Waals surface area contributed by atoms with Gasteiger partial charge in [-0.15, -0.1) is 11.3 Å². The van der Waals surface area contributed by atoms with E-state index in [0.29, 0.717) is 16.4 Å². The summed E-state index contributed by atoms with van der Waals surface area (Å²) in [5.41, 5.74) is 0.889. The molecule has 1 amide bonds. The van der Waals surface area contributed by atoms with Crippen LogP contribution in [0.15, 0.2) is 57.4 Å². The molecule has 2 heterocycles. The third-order valence-electron chi connectivity index (χ3n) is 3.14. The Morgan fingerprint density at radius 3 is 2.83 bits per heavy atom. The molecule has 9 heteroatoms. The molecule has 24 heavy (non-hydrogen) atoms. The van der Waals surface area contributed by atoms with E-state index >= 15 is 0 Å². The Hall–Kier alpha value is -2.71. The summed E-state index contributed by atoms with van der Waals surface area (Å²) in [4.78, 5) is 26.4. The molecule has 0 saturated heterocycles. The maximum atomic E-state index is 12.1. The van der Waals surface area contributed by atoms with Gasteiger partial charge in [0.1, 0.15) is 4.92 Å². The van der Waals surface area contributed by atoms with Crippen molar-refractivity contribution in [2.75, 3.05) is 0 Å². The molecule has 0 aliphatic heterocycles. The fourth-order valence-electron chi connectivity index (χ4n) is 2.00. The second kappa shape index (κ2) is 6.81. The van der Waals surface area contributed by atoms with Crippen LogP contribution >= 0.6 is 22.9 Å². The van der Waals surface area contributed by atoms with Crippen LogP contribution in [0.3, 0.4) is 0 Å². The van der Waals surface area contributed by atoms with Crippen molar-refractivity contribution in [2.45, 2.75) is 6.54 Å². The molecule has 3 rings (SSSR count). The van der Waals surface area contributed by atoms with Crippen LogP contribution in [0.5, 0.6) is 0 Å². The first-order chi connectivity index (χ1) is 11.5. The fraction of sp³-hybridized carbons (Fsp3) is 0.0667. The number of carbonyl (C=O) groups is 1. The van der Waals surface area contributed by atoms with Crippen molar-refractivity contribution in [3.63, 3.8) is 0 Å². The number of nitrogens with zero attached hydrogens (tertiary/aromatic N) is 3. The van der Waals surface area contributed by atoms with Gasteiger partial charge in [0.2, 0.25) is 5.76 Å². The van der Waals surface area contributed by atoms with Gasteiger partial charge in [0, 0.05) is 16.6 Å². The van der Waals surface area contributed by atoms with Crippen molar-refractivity contribution in [2.24, 2.45) is 4.99 Å². The topological polar surface area (TPSA) is 90.6 Å². The van der Waals surface area contributed by atoms with Crippen molar-refractivity contribution in [1.29, 1.82) is 0 Å². The third-order valence-corrected chi connectivity index (χ3v) is 4.30. The summed E-state index contributed by atoms with van der Waals surface area (Å²) in [6.45, 7) is 0.452. The zero-order valence-electron chi connectivity index (χ0n) is 12.1. The number of amides is 1. The summed E-state index contributed by atoms with van der Waals surface area (Å²) < 4.78 is 6.63. The number of aromatic nitrogens is 1. The number of carbonyl (C=O) groups excluding carboxylic acids is 1. The predicted octanol–water partition coefficient (Wildman–Crippen LogP) is 3.49. The zero-order chi connectivity index (χ0) is 17.1. The molecule has 0 spiro atoms. The van der Waals surface area contributed by atoms with E-state index in [1.165, 1.54) is 17.4 Å². The van der Waals surface area contributed by atoms with Gasteiger partial charge in [-0.1, -0.05) is 29.8 Å². The number of halogens is 1. The normalized spacial score (nSPS) is 11.6. The molecule has 0 saturated carbocycles. The van der Waals surface area contributed by atoms with Crippen molar-refractivity contribution in [3.8, 4) is 0 Å². The Morgan fingerprint density at radius 2 is 2.12 bits per heavy atom. The lowest BCUT2D eigenvalue weighted by Crippen LogP contribution is -2.17. The molecule has 7 nitrogen and oxygen atoms in total. The van der Waals surface area contributed by atoms with Gasteiger partial charge in [-0.2, -0.15) is 4.99 Å². The van der Waals surface area contributed by atoms with Crippen LogP contribution in [-0.4, -0.2) is 15.4 Å². The SMILES string of the molecule is O=C(N=c1sccn1Cc1ccccc1Cl)c1ccc([N+](=O)[O-])o1. The number of hydrogen-bond donors (Lipinski definition) is 0. The van der Waals surface area contributed by atoms with E-state index in [1.807, 2.05) is 18.2 Å². The molecular weight excluding hydrogens is 354 g/mol. The van der Waals surface area contributed by atoms with E-state index in [0.717, 1.165) is 11.6 Å². The molecule has 3 aromatic rings. The Bertz CT molecular complexity index is 973. The predicted molar refractivity (Wildman–Crippen MR) is 88.1 cm³/mol. The Balaban J connectivity index is 1.88. The van der Waals surface area contributed by atoms with Gasteiger partial charge in [0.15, 0.2) is 4.80 Å². The van der Waals surface area contributed by atoms with Crippen LogP contribution in [-0.2, 0) is 6.54 Å². The lowest BCUT2D eigenvalue weighted by Gasteiger charge is -2.05. The average molecular weight is 364 g/mol. The minimum atomic E-state index is -0.709. The molecule has 1 aromatic carbocycles. The number of rotatable bonds is 4. The van der Waals surface area contributed by atoms with Crippen molar-refractivity contribution in [1.82, 2.24) is 4.57 Å². The second-order valence-corrected chi connectivity index (χ2v) is 6.00. The summed E-state index contributed by atoms with van der Waals surface area (Å²) >= 11 is 7.41. The number of hydrogen-bond acceptors (Lipinski definition) is 5. The highest BCUT2D eigenvalue weighted by Gasteiger charge is 2.17. The molecule has 122 valence electrons. The van der Waals surface area contributed by atoms with Crippen LogP contribution < -0.4 is 4.80 Å². The largest absolute Gasteiger partial charge is 0.433 e. The average Bonchev–Trinajstić information content (AvgIpc) is 3.19. The quantitative estimate of drug-likeness (QED) is 0.524. The number of furan rings is 1. The minimum absolute atomic E-state index is 0.181. The maximum absolute atomic E-state index is 12.1. The van der Waals surface area contributed by atoms with Gasteiger partial charge in [-0.25, -0.2) is 0 Å². The third kappa shape index (κ3) is 3.44. The maximum Gasteiger partial charge on any atom is 0.433 e. The summed E-state index contributed by atoms with van der Waals surface area (Å²) in [5, 5.41) is 13.0. The van der Waals surface area contributed by atoms with E-state index in [-0.39, 0.29) is 5.76 Å². The van der Waals surface area contributed by atoms with E-state index in [9.17, 15) is 14.9 Å². The lowest BCUT2D eigenvalue weighted by molar-refractivity contribution is -0.402. The van der Waals surface area contributed by atoms with Gasteiger partial charge >= 0.3 is 11.8 Å². The first-order valence-corrected chi connectivity index (χ1v) is 8.01. The van der Waals surface area contributed by atoms with Gasteiger partial charge in [-0.05, 0) is 17.7 Å². The molecule has 0 unspecified atom stereocenters. The molecular formula is C15H10ClN3O4S. The first-order valence-electron chi connectivity index (χ1n) is 6.75. The summed E-state index contributed by atoms with van der Waals surface area (Å²) in [6, 6.07) is 9.73. The van der Waals surface area contributed by atoms with Crippen molar-refractivity contribution >= 4 is 34.7 Å². The number of nitro groups is 1. The smallest absolute Gasteiger partial charge is 0.395 e. The van der Waals surface area contributed by atoms with Gasteiger partial charge in [0.05, 0.1) is 12.6 Å². The zero-order valence-corrected chi connectivity index (χ0v) is 13.7. The minimum Gasteiger partial charge on any atom is -0.395 e. The van der Waals surface area contributed by atoms with Gasteiger partial charge in [-0.3, -0.25) is 14.9 Å². The van der Waals surface area contributed by atoms with E-state index in [2.05, 4.69) is 4.99 Å². The van der Waals surface area contributed by atoms with E-state index < -0.39 is 16.7 Å². The molecule has 0 bridgehead atoms. The highest BCUT2D eigenvalue weighted by Crippen LogP contribution is 2.17. The molecule has 0 aliphatic carbocycles. The van der Waals surface area contributed by atoms with Crippen LogP contribution in [0.2, 0.25) is 5.02 Å². The van der Waals surface area contributed by atoms with Crippen molar-refractivity contribution in [3.05, 3.63) is 79.2 Å². The number of benzene rings is 1. The van der Waals surface area contributed by atoms with Crippen LogP contribution in [0.1, 0.15) is 16.1 Å². The van der Waals surface area contributed by atoms with Crippen LogP contribution in [0.4, 0.5) is 5.88 Å². The molecule has 2 aromatic heterocycles. The van der Waals surface area contributed by atoms with Crippen molar-refractivity contribution < 1.29 is 14.1 Å². The van der Waals surface area contributed by atoms with Gasteiger partial charge in [0.25, 0.3) is 0 Å². The molecule has 0 radical (unpaired) electrons. The van der Waals surface area contributed by atoms with Crippen LogP contribution in [0.25, 0.3) is 0 Å². The van der Waals surface area contributed by atoms with E-state index in [4.69, 9.17) is 16.0 Å². The van der Waals surface area contributed by atoms with Crippen LogP contribution in [0, 0.1) is 10.1 Å². The Labute approximate surface area is 144 Å². The molecule has 0 aliphatic rings. The molecule has 0 fully saturated rings. The van der Waals surface area contributed by atoms with Gasteiger partial charge < -0.3 is 8.98 Å². The second-order valence-electron chi connectivity index (χ2n) is 4.72. The van der Waals surface area contributed by atoms with E-state index in [1.54, 1.807) is 22.2 Å². The number of thiazole rings is 1. The summed E-state index contributed by atoms with van der Waals surface area (Å²) in [6.07, 6.45) is 1.78. The highest BCUT2D eigenvalue weighted by atomic mass is 35.5. The molecule has 0 atom stereocenters. The Kier molecular flexibility index (Phi) is 4.59. The Morgan fingerprint density at radius 1 is 1.33 bits per heavy atom. The lowest BCUT2D eigenvalue weighted by atomic mass is 10.2. The fourth-order valence-corrected chi connectivity index (χ4v) is 2.92. The monoisotopic (exact) mass is 363 g/mol.